The molecule has 1 N–H and O–H groups in total. The third kappa shape index (κ3) is 4.92. The van der Waals surface area contributed by atoms with E-state index < -0.39 is 11.9 Å². The average Bonchev–Trinajstić information content (AvgIpc) is 2.63. The molecule has 0 saturated carbocycles. The largest absolute Gasteiger partial charge is 0.421 e. The fraction of sp³-hybridized carbons (Fsp3) is 0.364. The van der Waals surface area contributed by atoms with Gasteiger partial charge in [0.05, 0.1) is 18.3 Å². The molecule has 0 aliphatic rings. The van der Waals surface area contributed by atoms with E-state index in [2.05, 4.69) is 10.3 Å². The summed E-state index contributed by atoms with van der Waals surface area (Å²) in [5.74, 6) is -0.571. The molecule has 1 rings (SSSR count). The van der Waals surface area contributed by atoms with Gasteiger partial charge in [-0.3, -0.25) is 11.4 Å². The van der Waals surface area contributed by atoms with Crippen molar-refractivity contribution in [2.45, 2.75) is 19.4 Å². The van der Waals surface area contributed by atoms with Gasteiger partial charge in [-0.2, -0.15) is 6.08 Å². The maximum Gasteiger partial charge on any atom is 0.151 e. The quantitative estimate of drug-likeness (QED) is 0.616. The minimum Gasteiger partial charge on any atom is -0.421 e. The Kier molecular flexibility index (Phi) is 7.15. The molecule has 6 heteroatoms. The number of hydrogen-bond donors (Lipinski definition) is 1. The van der Waals surface area contributed by atoms with Crippen LogP contribution in [0.2, 0.25) is 0 Å². The molecule has 1 amide bonds. The van der Waals surface area contributed by atoms with Crippen molar-refractivity contribution in [2.24, 2.45) is 7.05 Å². The molecular formula is C11H14N3O2Y-. The number of carbonyl (C=O) groups is 2. The van der Waals surface area contributed by atoms with Gasteiger partial charge in [-0.25, -0.2) is 4.98 Å². The summed E-state index contributed by atoms with van der Waals surface area (Å²) in [5, 5.41) is 2.52. The van der Waals surface area contributed by atoms with Crippen LogP contribution in [0.15, 0.2) is 18.6 Å². The molecule has 0 fully saturated rings. The van der Waals surface area contributed by atoms with Gasteiger partial charge in [0.25, 0.3) is 0 Å². The smallest absolute Gasteiger partial charge is 0.151 e. The van der Waals surface area contributed by atoms with Crippen LogP contribution in [-0.4, -0.2) is 27.3 Å². The summed E-state index contributed by atoms with van der Waals surface area (Å²) in [6.45, 7) is 6.49. The Morgan fingerprint density at radius 2 is 2.29 bits per heavy atom. The monoisotopic (exact) mass is 309 g/mol. The Hall–Kier alpha value is -0.806. The summed E-state index contributed by atoms with van der Waals surface area (Å²) in [4.78, 5) is 26.3. The second-order valence-corrected chi connectivity index (χ2v) is 3.54. The number of aryl methyl sites for hydroxylation is 1. The number of nitrogens with one attached hydrogen (secondary N) is 1. The van der Waals surface area contributed by atoms with Crippen molar-refractivity contribution in [3.63, 3.8) is 0 Å². The van der Waals surface area contributed by atoms with E-state index in [-0.39, 0.29) is 38.5 Å². The molecule has 17 heavy (non-hydrogen) atoms. The first kappa shape index (κ1) is 16.2. The molecular weight excluding hydrogens is 295 g/mol. The molecule has 1 radical (unpaired) electrons. The number of amides is 1. The van der Waals surface area contributed by atoms with Crippen molar-refractivity contribution in [3.8, 4) is 0 Å². The van der Waals surface area contributed by atoms with Gasteiger partial charge in [-0.15, -0.1) is 0 Å². The second kappa shape index (κ2) is 7.51. The normalized spacial score (nSPS) is 11.2. The zero-order valence-corrected chi connectivity index (χ0v) is 12.7. The molecule has 89 valence electrons. The van der Waals surface area contributed by atoms with E-state index in [1.54, 1.807) is 17.1 Å². The summed E-state index contributed by atoms with van der Waals surface area (Å²) < 4.78 is 1.80. The van der Waals surface area contributed by atoms with Crippen LogP contribution in [0.25, 0.3) is 0 Å². The minimum absolute atomic E-state index is 0. The van der Waals surface area contributed by atoms with Gasteiger partial charge < -0.3 is 14.7 Å². The van der Waals surface area contributed by atoms with Crippen molar-refractivity contribution in [1.82, 2.24) is 14.9 Å². The maximum atomic E-state index is 11.3. The van der Waals surface area contributed by atoms with Crippen LogP contribution in [0.5, 0.6) is 0 Å². The summed E-state index contributed by atoms with van der Waals surface area (Å²) >= 11 is 0. The van der Waals surface area contributed by atoms with Gasteiger partial charge in [0.1, 0.15) is 0 Å². The molecule has 0 aliphatic heterocycles. The Morgan fingerprint density at radius 1 is 1.65 bits per heavy atom. The summed E-state index contributed by atoms with van der Waals surface area (Å²) in [6, 6.07) is -0.567. The van der Waals surface area contributed by atoms with E-state index in [0.717, 1.165) is 11.8 Å². The van der Waals surface area contributed by atoms with E-state index in [0.29, 0.717) is 6.42 Å². The summed E-state index contributed by atoms with van der Waals surface area (Å²) in [6.07, 6.45) is 4.61. The Balaban J connectivity index is 0.00000256. The standard InChI is InChI=1S/C11H14N3O2.Y/c1-4-11(16)13-10(8(2)15)5-9-6-12-7-14(9)3;/h1,4,6-7,10H,5H2,2-3H3,(H,13,16);/q-1;/t10-;/m0./s1. The van der Waals surface area contributed by atoms with Crippen molar-refractivity contribution in [3.05, 3.63) is 30.9 Å². The zero-order chi connectivity index (χ0) is 12.1. The van der Waals surface area contributed by atoms with Crippen molar-refractivity contribution in [2.75, 3.05) is 0 Å². The van der Waals surface area contributed by atoms with Crippen LogP contribution < -0.4 is 5.32 Å². The number of aromatic nitrogens is 2. The molecule has 0 aliphatic carbocycles. The van der Waals surface area contributed by atoms with E-state index >= 15 is 0 Å². The third-order valence-electron chi connectivity index (χ3n) is 2.29. The minimum atomic E-state index is -0.567. The van der Waals surface area contributed by atoms with Crippen LogP contribution >= 0.6 is 0 Å². The molecule has 1 heterocycles. The van der Waals surface area contributed by atoms with E-state index in [1.807, 2.05) is 7.05 Å². The molecule has 1 atom stereocenters. The molecule has 0 saturated heterocycles. The van der Waals surface area contributed by atoms with Crippen LogP contribution in [0, 0.1) is 6.58 Å². The van der Waals surface area contributed by atoms with Crippen LogP contribution in [0.1, 0.15) is 12.6 Å². The van der Waals surface area contributed by atoms with Crippen molar-refractivity contribution in [1.29, 1.82) is 0 Å². The van der Waals surface area contributed by atoms with Crippen molar-refractivity contribution < 1.29 is 42.3 Å². The first-order chi connectivity index (χ1) is 7.54. The number of carbonyl (C=O) groups excluding carboxylic acids is 2. The number of nitrogens with zero attached hydrogens (tertiary/aromatic N) is 2. The van der Waals surface area contributed by atoms with Crippen LogP contribution in [0.3, 0.4) is 0 Å². The summed E-state index contributed by atoms with van der Waals surface area (Å²) in [7, 11) is 1.83. The first-order valence-electron chi connectivity index (χ1n) is 4.85. The Morgan fingerprint density at radius 3 is 2.71 bits per heavy atom. The maximum absolute atomic E-state index is 11.3. The molecule has 5 nitrogen and oxygen atoms in total. The fourth-order valence-corrected chi connectivity index (χ4v) is 1.31. The summed E-state index contributed by atoms with van der Waals surface area (Å²) in [5.41, 5.74) is 0.873. The molecule has 0 spiro atoms. The van der Waals surface area contributed by atoms with E-state index in [4.69, 9.17) is 6.58 Å². The Bertz CT molecular complexity index is 415. The third-order valence-corrected chi connectivity index (χ3v) is 2.29. The number of imidazole rings is 1. The first-order valence-corrected chi connectivity index (χ1v) is 4.85. The number of Topliss-reactive ketones (excluding diaryl/α,β-unsaturated/α-hetero) is 1. The molecule has 1 aromatic rings. The van der Waals surface area contributed by atoms with Gasteiger partial charge in [0.15, 0.2) is 5.78 Å². The predicted octanol–water partition coefficient (Wildman–Crippen LogP) is 0.0231. The SMILES string of the molecule is [CH-]=CC(=O)N[C@@H](Cc1cncn1C)C(C)=O.[Y]. The van der Waals surface area contributed by atoms with E-state index in [9.17, 15) is 9.59 Å². The topological polar surface area (TPSA) is 64.0 Å². The van der Waals surface area contributed by atoms with Crippen LogP contribution in [0.4, 0.5) is 0 Å². The molecule has 0 unspecified atom stereocenters. The Labute approximate surface area is 126 Å². The van der Waals surface area contributed by atoms with Gasteiger partial charge in [0.2, 0.25) is 0 Å². The van der Waals surface area contributed by atoms with Crippen LogP contribution in [-0.2, 0) is 55.8 Å². The number of ketones is 1. The molecule has 0 bridgehead atoms. The number of hydrogen-bond acceptors (Lipinski definition) is 3. The average molecular weight is 309 g/mol. The van der Waals surface area contributed by atoms with Crippen molar-refractivity contribution >= 4 is 11.7 Å². The van der Waals surface area contributed by atoms with Gasteiger partial charge in [0, 0.05) is 58.1 Å². The van der Waals surface area contributed by atoms with Gasteiger partial charge in [-0.1, -0.05) is 0 Å². The molecule has 1 aromatic heterocycles. The fourth-order valence-electron chi connectivity index (χ4n) is 1.31. The van der Waals surface area contributed by atoms with E-state index in [1.165, 1.54) is 6.92 Å². The number of rotatable bonds is 5. The van der Waals surface area contributed by atoms with Gasteiger partial charge >= 0.3 is 0 Å². The molecule has 0 aromatic carbocycles. The second-order valence-electron chi connectivity index (χ2n) is 3.54. The predicted molar refractivity (Wildman–Crippen MR) is 58.4 cm³/mol. The zero-order valence-electron chi connectivity index (χ0n) is 9.88. The van der Waals surface area contributed by atoms with Gasteiger partial charge in [-0.05, 0) is 6.92 Å².